The number of piperidine rings is 1. The topological polar surface area (TPSA) is 32.3 Å². The molecule has 1 aliphatic rings. The van der Waals surface area contributed by atoms with Gasteiger partial charge in [-0.1, -0.05) is 30.7 Å². The predicted molar refractivity (Wildman–Crippen MR) is 83.1 cm³/mol. The molecule has 0 saturated carbocycles. The van der Waals surface area contributed by atoms with Crippen LogP contribution in [0.4, 0.5) is 0 Å². The maximum Gasteiger partial charge on any atom is 0.220 e. The fraction of sp³-hybridized carbons (Fsp3) is 0.562. The number of halogens is 1. The van der Waals surface area contributed by atoms with E-state index in [0.29, 0.717) is 12.5 Å². The summed E-state index contributed by atoms with van der Waals surface area (Å²) >= 11 is 5.88. The van der Waals surface area contributed by atoms with Gasteiger partial charge in [0.25, 0.3) is 0 Å². The third-order valence-electron chi connectivity index (χ3n) is 4.01. The number of nitrogens with zero attached hydrogens (tertiary/aromatic N) is 1. The van der Waals surface area contributed by atoms with E-state index in [1.54, 1.807) is 0 Å². The quantitative estimate of drug-likeness (QED) is 0.926. The summed E-state index contributed by atoms with van der Waals surface area (Å²) in [7, 11) is 2.13. The molecule has 1 aromatic rings. The Kier molecular flexibility index (Phi) is 5.44. The van der Waals surface area contributed by atoms with E-state index >= 15 is 0 Å². The maximum atomic E-state index is 12.1. The van der Waals surface area contributed by atoms with Gasteiger partial charge in [-0.3, -0.25) is 4.79 Å². The number of carbonyl (C=O) groups excluding carboxylic acids is 1. The minimum absolute atomic E-state index is 0.155. The third kappa shape index (κ3) is 4.50. The molecule has 1 N–H and O–H groups in total. The Balaban J connectivity index is 1.80. The molecule has 2 rings (SSSR count). The number of likely N-dealkylation sites (tertiary alicyclic amines) is 1. The lowest BCUT2D eigenvalue weighted by Crippen LogP contribution is -2.43. The first-order valence-electron chi connectivity index (χ1n) is 7.28. The molecule has 4 heteroatoms. The van der Waals surface area contributed by atoms with Crippen molar-refractivity contribution in [1.29, 1.82) is 0 Å². The molecule has 1 aliphatic heterocycles. The van der Waals surface area contributed by atoms with Crippen LogP contribution >= 0.6 is 11.6 Å². The van der Waals surface area contributed by atoms with Crippen LogP contribution in [0.2, 0.25) is 5.02 Å². The van der Waals surface area contributed by atoms with Crippen molar-refractivity contribution < 1.29 is 4.79 Å². The Hall–Kier alpha value is -1.06. The average Bonchev–Trinajstić information content (AvgIpc) is 2.42. The Morgan fingerprint density at radius 1 is 1.35 bits per heavy atom. The number of amides is 1. The first kappa shape index (κ1) is 15.3. The summed E-state index contributed by atoms with van der Waals surface area (Å²) in [6.07, 6.45) is 2.64. The summed E-state index contributed by atoms with van der Waals surface area (Å²) < 4.78 is 0. The van der Waals surface area contributed by atoms with Crippen molar-refractivity contribution in [2.45, 2.75) is 38.1 Å². The third-order valence-corrected chi connectivity index (χ3v) is 4.27. The molecule has 20 heavy (non-hydrogen) atoms. The first-order chi connectivity index (χ1) is 9.54. The fourth-order valence-corrected chi connectivity index (χ4v) is 2.75. The van der Waals surface area contributed by atoms with Gasteiger partial charge in [0.1, 0.15) is 0 Å². The molecule has 1 aromatic carbocycles. The summed E-state index contributed by atoms with van der Waals surface area (Å²) in [5, 5.41) is 3.89. The Bertz CT molecular complexity index is 438. The van der Waals surface area contributed by atoms with E-state index in [9.17, 15) is 4.79 Å². The monoisotopic (exact) mass is 294 g/mol. The SMILES string of the molecule is CC(CC(=O)NC1CCN(C)CC1)c1ccc(Cl)cc1. The van der Waals surface area contributed by atoms with Crippen LogP contribution in [0.5, 0.6) is 0 Å². The van der Waals surface area contributed by atoms with Gasteiger partial charge in [-0.25, -0.2) is 0 Å². The van der Waals surface area contributed by atoms with Gasteiger partial charge in [-0.05, 0) is 56.6 Å². The molecule has 1 saturated heterocycles. The van der Waals surface area contributed by atoms with Crippen LogP contribution in [0, 0.1) is 0 Å². The minimum atomic E-state index is 0.155. The van der Waals surface area contributed by atoms with Crippen LogP contribution in [0.3, 0.4) is 0 Å². The summed E-state index contributed by atoms with van der Waals surface area (Å²) in [5.74, 6) is 0.375. The van der Waals surface area contributed by atoms with E-state index < -0.39 is 0 Å². The van der Waals surface area contributed by atoms with Gasteiger partial charge in [0.2, 0.25) is 5.91 Å². The van der Waals surface area contributed by atoms with Crippen molar-refractivity contribution in [3.63, 3.8) is 0 Å². The minimum Gasteiger partial charge on any atom is -0.353 e. The normalized spacial score (nSPS) is 18.8. The van der Waals surface area contributed by atoms with E-state index in [0.717, 1.165) is 36.5 Å². The maximum absolute atomic E-state index is 12.1. The number of hydrogen-bond donors (Lipinski definition) is 1. The highest BCUT2D eigenvalue weighted by Gasteiger charge is 2.19. The molecule has 0 aliphatic carbocycles. The van der Waals surface area contributed by atoms with E-state index in [-0.39, 0.29) is 11.8 Å². The van der Waals surface area contributed by atoms with Crippen molar-refractivity contribution in [2.75, 3.05) is 20.1 Å². The van der Waals surface area contributed by atoms with Crippen molar-refractivity contribution in [3.05, 3.63) is 34.9 Å². The molecule has 0 spiro atoms. The van der Waals surface area contributed by atoms with Crippen molar-refractivity contribution in [3.8, 4) is 0 Å². The van der Waals surface area contributed by atoms with Crippen LogP contribution in [0.15, 0.2) is 24.3 Å². The van der Waals surface area contributed by atoms with E-state index in [4.69, 9.17) is 11.6 Å². The number of rotatable bonds is 4. The van der Waals surface area contributed by atoms with Crippen molar-refractivity contribution in [1.82, 2.24) is 10.2 Å². The molecule has 0 aromatic heterocycles. The van der Waals surface area contributed by atoms with Crippen LogP contribution in [-0.2, 0) is 4.79 Å². The van der Waals surface area contributed by atoms with Crippen molar-refractivity contribution >= 4 is 17.5 Å². The standard InChI is InChI=1S/C16H23ClN2O/c1-12(13-3-5-14(17)6-4-13)11-16(20)18-15-7-9-19(2)10-8-15/h3-6,12,15H,7-11H2,1-2H3,(H,18,20). The Labute approximate surface area is 126 Å². The van der Waals surface area contributed by atoms with Gasteiger partial charge < -0.3 is 10.2 Å². The van der Waals surface area contributed by atoms with Crippen LogP contribution in [-0.4, -0.2) is 37.0 Å². The number of benzene rings is 1. The molecule has 0 bridgehead atoms. The predicted octanol–water partition coefficient (Wildman–Crippen LogP) is 3.04. The summed E-state index contributed by atoms with van der Waals surface area (Å²) in [6.45, 7) is 4.22. The summed E-state index contributed by atoms with van der Waals surface area (Å²) in [4.78, 5) is 14.4. The Morgan fingerprint density at radius 3 is 2.55 bits per heavy atom. The number of nitrogens with one attached hydrogen (secondary N) is 1. The summed E-state index contributed by atoms with van der Waals surface area (Å²) in [5.41, 5.74) is 1.16. The lowest BCUT2D eigenvalue weighted by Gasteiger charge is -2.29. The Morgan fingerprint density at radius 2 is 1.95 bits per heavy atom. The van der Waals surface area contributed by atoms with Gasteiger partial charge in [-0.15, -0.1) is 0 Å². The molecule has 1 atom stereocenters. The molecule has 3 nitrogen and oxygen atoms in total. The van der Waals surface area contributed by atoms with E-state index in [1.807, 2.05) is 24.3 Å². The van der Waals surface area contributed by atoms with E-state index in [2.05, 4.69) is 24.2 Å². The molecule has 1 unspecified atom stereocenters. The van der Waals surface area contributed by atoms with Crippen molar-refractivity contribution in [2.24, 2.45) is 0 Å². The van der Waals surface area contributed by atoms with Crippen LogP contribution in [0.1, 0.15) is 37.7 Å². The molecular weight excluding hydrogens is 272 g/mol. The van der Waals surface area contributed by atoms with Crippen LogP contribution < -0.4 is 5.32 Å². The number of carbonyl (C=O) groups is 1. The highest BCUT2D eigenvalue weighted by atomic mass is 35.5. The molecule has 1 amide bonds. The smallest absolute Gasteiger partial charge is 0.220 e. The molecule has 110 valence electrons. The largest absolute Gasteiger partial charge is 0.353 e. The summed E-state index contributed by atoms with van der Waals surface area (Å²) in [6, 6.07) is 8.09. The number of hydrogen-bond acceptors (Lipinski definition) is 2. The van der Waals surface area contributed by atoms with Gasteiger partial charge >= 0.3 is 0 Å². The second kappa shape index (κ2) is 7.09. The molecular formula is C16H23ClN2O. The highest BCUT2D eigenvalue weighted by molar-refractivity contribution is 6.30. The lowest BCUT2D eigenvalue weighted by molar-refractivity contribution is -0.122. The van der Waals surface area contributed by atoms with Gasteiger partial charge in [0, 0.05) is 17.5 Å². The van der Waals surface area contributed by atoms with Gasteiger partial charge in [0.15, 0.2) is 0 Å². The zero-order chi connectivity index (χ0) is 14.5. The van der Waals surface area contributed by atoms with Crippen LogP contribution in [0.25, 0.3) is 0 Å². The lowest BCUT2D eigenvalue weighted by atomic mass is 9.97. The van der Waals surface area contributed by atoms with Gasteiger partial charge in [0.05, 0.1) is 0 Å². The second-order valence-electron chi connectivity index (χ2n) is 5.80. The first-order valence-corrected chi connectivity index (χ1v) is 7.66. The molecule has 1 fully saturated rings. The zero-order valence-electron chi connectivity index (χ0n) is 12.2. The zero-order valence-corrected chi connectivity index (χ0v) is 13.0. The second-order valence-corrected chi connectivity index (χ2v) is 6.24. The highest BCUT2D eigenvalue weighted by Crippen LogP contribution is 2.21. The molecule has 0 radical (unpaired) electrons. The molecule has 1 heterocycles. The fourth-order valence-electron chi connectivity index (χ4n) is 2.63. The average molecular weight is 295 g/mol. The van der Waals surface area contributed by atoms with Gasteiger partial charge in [-0.2, -0.15) is 0 Å². The van der Waals surface area contributed by atoms with E-state index in [1.165, 1.54) is 0 Å².